The minimum absolute atomic E-state index is 0.0179. The number of halogens is 1. The first-order chi connectivity index (χ1) is 18.0. The van der Waals surface area contributed by atoms with Crippen LogP contribution in [0.5, 0.6) is 0 Å². The molecule has 0 N–H and O–H groups in total. The number of aromatic nitrogens is 2. The van der Waals surface area contributed by atoms with Gasteiger partial charge in [-0.05, 0) is 48.7 Å². The van der Waals surface area contributed by atoms with Crippen molar-refractivity contribution in [3.63, 3.8) is 0 Å². The van der Waals surface area contributed by atoms with E-state index in [-0.39, 0.29) is 17.7 Å². The molecule has 4 aromatic rings. The second-order valence-electron chi connectivity index (χ2n) is 8.86. The second-order valence-corrected chi connectivity index (χ2v) is 10.1. The summed E-state index contributed by atoms with van der Waals surface area (Å²) in [7, 11) is 0. The first kappa shape index (κ1) is 25.1. The Bertz CT molecular complexity index is 1420. The lowest BCUT2D eigenvalue weighted by Gasteiger charge is -2.24. The Hall–Kier alpha value is -3.53. The van der Waals surface area contributed by atoms with E-state index < -0.39 is 4.92 Å². The predicted molar refractivity (Wildman–Crippen MR) is 145 cm³/mol. The molecule has 3 heterocycles. The Morgan fingerprint density at radius 2 is 2.03 bits per heavy atom. The van der Waals surface area contributed by atoms with Crippen LogP contribution in [-0.2, 0) is 16.0 Å². The van der Waals surface area contributed by atoms with Crippen molar-refractivity contribution in [3.8, 4) is 11.3 Å². The standard InChI is InChI=1S/C27H25ClN4O4S/c28-21-8-6-20(7-9-21)25-17-31-23(18-37-27(31)29-25)13-14-30(16-24-2-1-15-36-24)26(33)12-5-19-3-10-22(11-4-19)32(34)35/h3-12,17-18,24H,1-2,13-16H2. The van der Waals surface area contributed by atoms with Gasteiger partial charge in [0.25, 0.3) is 5.69 Å². The third kappa shape index (κ3) is 6.07. The fraction of sp³-hybridized carbons (Fsp3) is 0.259. The molecule has 1 unspecified atom stereocenters. The first-order valence-electron chi connectivity index (χ1n) is 12.0. The van der Waals surface area contributed by atoms with Crippen LogP contribution in [0, 0.1) is 10.1 Å². The van der Waals surface area contributed by atoms with Gasteiger partial charge in [-0.3, -0.25) is 19.3 Å². The number of thiazole rings is 1. The van der Waals surface area contributed by atoms with Crippen LogP contribution in [0.1, 0.15) is 24.1 Å². The van der Waals surface area contributed by atoms with Crippen molar-refractivity contribution in [2.24, 2.45) is 0 Å². The van der Waals surface area contributed by atoms with Crippen LogP contribution in [0.3, 0.4) is 0 Å². The number of benzene rings is 2. The van der Waals surface area contributed by atoms with E-state index >= 15 is 0 Å². The third-order valence-electron chi connectivity index (χ3n) is 6.34. The van der Waals surface area contributed by atoms with Gasteiger partial charge in [-0.25, -0.2) is 4.98 Å². The molecular formula is C27H25ClN4O4S. The van der Waals surface area contributed by atoms with E-state index in [1.165, 1.54) is 18.2 Å². The van der Waals surface area contributed by atoms with E-state index in [1.54, 1.807) is 29.5 Å². The lowest BCUT2D eigenvalue weighted by molar-refractivity contribution is -0.384. The molecule has 1 saturated heterocycles. The highest BCUT2D eigenvalue weighted by atomic mass is 35.5. The molecule has 190 valence electrons. The Kier molecular flexibility index (Phi) is 7.64. The predicted octanol–water partition coefficient (Wildman–Crippen LogP) is 5.89. The topological polar surface area (TPSA) is 90.0 Å². The summed E-state index contributed by atoms with van der Waals surface area (Å²) in [5, 5.41) is 13.6. The monoisotopic (exact) mass is 536 g/mol. The van der Waals surface area contributed by atoms with E-state index in [0.29, 0.717) is 24.5 Å². The van der Waals surface area contributed by atoms with E-state index in [4.69, 9.17) is 21.3 Å². The summed E-state index contributed by atoms with van der Waals surface area (Å²) in [6.07, 6.45) is 7.86. The number of nitro groups is 1. The highest BCUT2D eigenvalue weighted by Gasteiger charge is 2.22. The highest BCUT2D eigenvalue weighted by molar-refractivity contribution is 7.15. The molecule has 2 aromatic heterocycles. The Labute approximate surface area is 222 Å². The number of nitrogens with zero attached hydrogens (tertiary/aromatic N) is 4. The fourth-order valence-corrected chi connectivity index (χ4v) is 5.36. The number of hydrogen-bond acceptors (Lipinski definition) is 6. The number of carbonyl (C=O) groups is 1. The molecule has 5 rings (SSSR count). The molecule has 0 spiro atoms. The summed E-state index contributed by atoms with van der Waals surface area (Å²) in [4.78, 5) is 31.1. The SMILES string of the molecule is O=C(C=Cc1ccc([N+](=O)[O-])cc1)N(CCc1csc2nc(-c3ccc(Cl)cc3)cn12)CC1CCCO1. The molecule has 2 aromatic carbocycles. The number of carbonyl (C=O) groups excluding carboxylic acids is 1. The zero-order valence-corrected chi connectivity index (χ0v) is 21.5. The normalized spacial score (nSPS) is 15.5. The molecular weight excluding hydrogens is 512 g/mol. The number of fused-ring (bicyclic) bond motifs is 1. The summed E-state index contributed by atoms with van der Waals surface area (Å²) >= 11 is 7.59. The summed E-state index contributed by atoms with van der Waals surface area (Å²) < 4.78 is 7.87. The minimum Gasteiger partial charge on any atom is -0.376 e. The van der Waals surface area contributed by atoms with Gasteiger partial charge >= 0.3 is 0 Å². The van der Waals surface area contributed by atoms with Crippen LogP contribution >= 0.6 is 22.9 Å². The van der Waals surface area contributed by atoms with Gasteiger partial charge in [0.1, 0.15) is 0 Å². The lowest BCUT2D eigenvalue weighted by Crippen LogP contribution is -2.37. The van der Waals surface area contributed by atoms with Crippen LogP contribution in [-0.4, -0.2) is 50.9 Å². The van der Waals surface area contributed by atoms with E-state index in [0.717, 1.165) is 46.9 Å². The molecule has 0 radical (unpaired) electrons. The molecule has 0 aliphatic carbocycles. The molecule has 10 heteroatoms. The molecule has 8 nitrogen and oxygen atoms in total. The van der Waals surface area contributed by atoms with Crippen molar-refractivity contribution < 1.29 is 14.5 Å². The number of ether oxygens (including phenoxy) is 1. The molecule has 0 bridgehead atoms. The van der Waals surface area contributed by atoms with Gasteiger partial charge in [0, 0.05) is 72.2 Å². The second kappa shape index (κ2) is 11.2. The average Bonchev–Trinajstić information content (AvgIpc) is 3.64. The van der Waals surface area contributed by atoms with Gasteiger partial charge in [-0.15, -0.1) is 11.3 Å². The van der Waals surface area contributed by atoms with Gasteiger partial charge in [0.2, 0.25) is 5.91 Å². The molecule has 1 aliphatic rings. The lowest BCUT2D eigenvalue weighted by atomic mass is 10.1. The van der Waals surface area contributed by atoms with Crippen LogP contribution in [0.15, 0.2) is 66.2 Å². The van der Waals surface area contributed by atoms with Crippen molar-refractivity contribution in [3.05, 3.63) is 92.6 Å². The molecule has 1 amide bonds. The van der Waals surface area contributed by atoms with Crippen molar-refractivity contribution >= 4 is 45.6 Å². The molecule has 1 fully saturated rings. The number of imidazole rings is 1. The highest BCUT2D eigenvalue weighted by Crippen LogP contribution is 2.25. The van der Waals surface area contributed by atoms with E-state index in [1.807, 2.05) is 35.4 Å². The summed E-state index contributed by atoms with van der Waals surface area (Å²) in [6.45, 7) is 1.78. The molecule has 0 saturated carbocycles. The van der Waals surface area contributed by atoms with E-state index in [9.17, 15) is 14.9 Å². The number of non-ortho nitro benzene ring substituents is 1. The van der Waals surface area contributed by atoms with Gasteiger partial charge in [0.15, 0.2) is 4.96 Å². The summed E-state index contributed by atoms with van der Waals surface area (Å²) in [5.74, 6) is -0.118. The van der Waals surface area contributed by atoms with Gasteiger partial charge in [-0.2, -0.15) is 0 Å². The quantitative estimate of drug-likeness (QED) is 0.151. The van der Waals surface area contributed by atoms with Crippen molar-refractivity contribution in [2.45, 2.75) is 25.4 Å². The minimum atomic E-state index is -0.442. The summed E-state index contributed by atoms with van der Waals surface area (Å²) in [5.41, 5.74) is 3.70. The maximum Gasteiger partial charge on any atom is 0.269 e. The molecule has 1 aliphatic heterocycles. The van der Waals surface area contributed by atoms with Crippen LogP contribution in [0.4, 0.5) is 5.69 Å². The van der Waals surface area contributed by atoms with Crippen LogP contribution < -0.4 is 0 Å². The largest absolute Gasteiger partial charge is 0.376 e. The molecule has 37 heavy (non-hydrogen) atoms. The zero-order valence-electron chi connectivity index (χ0n) is 20.0. The number of amides is 1. The number of nitro benzene ring substituents is 1. The maximum atomic E-state index is 13.2. The molecule has 1 atom stereocenters. The van der Waals surface area contributed by atoms with Crippen molar-refractivity contribution in [1.29, 1.82) is 0 Å². The summed E-state index contributed by atoms with van der Waals surface area (Å²) in [6, 6.07) is 13.7. The maximum absolute atomic E-state index is 13.2. The van der Waals surface area contributed by atoms with Gasteiger partial charge < -0.3 is 9.64 Å². The van der Waals surface area contributed by atoms with Crippen molar-refractivity contribution in [2.75, 3.05) is 19.7 Å². The van der Waals surface area contributed by atoms with E-state index in [2.05, 4.69) is 9.78 Å². The van der Waals surface area contributed by atoms with Crippen LogP contribution in [0.2, 0.25) is 5.02 Å². The first-order valence-corrected chi connectivity index (χ1v) is 13.3. The number of rotatable bonds is 9. The van der Waals surface area contributed by atoms with Gasteiger partial charge in [0.05, 0.1) is 16.7 Å². The Morgan fingerprint density at radius 1 is 1.24 bits per heavy atom. The zero-order chi connectivity index (χ0) is 25.8. The fourth-order valence-electron chi connectivity index (χ4n) is 4.32. The Morgan fingerprint density at radius 3 is 2.73 bits per heavy atom. The van der Waals surface area contributed by atoms with Crippen molar-refractivity contribution in [1.82, 2.24) is 14.3 Å². The smallest absolute Gasteiger partial charge is 0.269 e. The number of hydrogen-bond donors (Lipinski definition) is 0. The van der Waals surface area contributed by atoms with Crippen LogP contribution in [0.25, 0.3) is 22.3 Å². The Balaban J connectivity index is 1.30. The average molecular weight is 537 g/mol. The van der Waals surface area contributed by atoms with Gasteiger partial charge in [-0.1, -0.05) is 23.7 Å². The third-order valence-corrected chi connectivity index (χ3v) is 7.48.